The van der Waals surface area contributed by atoms with Gasteiger partial charge in [0.2, 0.25) is 5.91 Å². The van der Waals surface area contributed by atoms with E-state index in [0.29, 0.717) is 5.92 Å². The highest BCUT2D eigenvalue weighted by Crippen LogP contribution is 2.28. The van der Waals surface area contributed by atoms with Crippen LogP contribution in [0.3, 0.4) is 0 Å². The maximum Gasteiger partial charge on any atom is 0.241 e. The Labute approximate surface area is 110 Å². The number of carbonyl (C=O) groups excluding carboxylic acids is 1. The van der Waals surface area contributed by atoms with E-state index in [0.717, 1.165) is 25.9 Å². The summed E-state index contributed by atoms with van der Waals surface area (Å²) in [5, 5.41) is 3.49. The number of amides is 1. The van der Waals surface area contributed by atoms with E-state index in [-0.39, 0.29) is 30.3 Å². The molecule has 0 spiro atoms. The van der Waals surface area contributed by atoms with Gasteiger partial charge in [0.1, 0.15) is 0 Å². The molecule has 0 aliphatic carbocycles. The van der Waals surface area contributed by atoms with Crippen LogP contribution in [0.4, 0.5) is 0 Å². The molecule has 2 saturated heterocycles. The van der Waals surface area contributed by atoms with Crippen molar-refractivity contribution in [3.63, 3.8) is 0 Å². The number of nitrogens with zero attached hydrogens (tertiary/aromatic N) is 1. The van der Waals surface area contributed by atoms with Gasteiger partial charge in [0, 0.05) is 6.61 Å². The Bertz CT molecular complexity index is 306. The van der Waals surface area contributed by atoms with Gasteiger partial charge in [0.05, 0.1) is 24.4 Å². The molecular formula is C14H26N2O2. The summed E-state index contributed by atoms with van der Waals surface area (Å²) < 4.78 is 5.63. The molecule has 4 heteroatoms. The zero-order valence-electron chi connectivity index (χ0n) is 12.0. The van der Waals surface area contributed by atoms with Crippen LogP contribution in [0, 0.1) is 5.92 Å². The minimum atomic E-state index is 0.00144. The molecular weight excluding hydrogens is 228 g/mol. The Morgan fingerprint density at radius 2 is 2.22 bits per heavy atom. The van der Waals surface area contributed by atoms with Crippen LogP contribution >= 0.6 is 0 Å². The summed E-state index contributed by atoms with van der Waals surface area (Å²) in [4.78, 5) is 14.5. The molecule has 0 aromatic carbocycles. The molecule has 2 fully saturated rings. The molecule has 1 amide bonds. The molecule has 2 aliphatic rings. The van der Waals surface area contributed by atoms with Gasteiger partial charge in [-0.3, -0.25) is 10.1 Å². The molecule has 0 aromatic heterocycles. The summed E-state index contributed by atoms with van der Waals surface area (Å²) >= 11 is 0. The van der Waals surface area contributed by atoms with E-state index in [1.54, 1.807) is 0 Å². The fourth-order valence-electron chi connectivity index (χ4n) is 3.12. The van der Waals surface area contributed by atoms with Crippen molar-refractivity contribution >= 4 is 5.91 Å². The van der Waals surface area contributed by atoms with Crippen molar-refractivity contribution in [2.75, 3.05) is 6.61 Å². The van der Waals surface area contributed by atoms with Crippen LogP contribution in [0.15, 0.2) is 0 Å². The number of carbonyl (C=O) groups is 1. The second kappa shape index (κ2) is 5.57. The predicted molar refractivity (Wildman–Crippen MR) is 71.1 cm³/mol. The highest BCUT2D eigenvalue weighted by atomic mass is 16.5. The zero-order valence-corrected chi connectivity index (χ0v) is 12.0. The first kappa shape index (κ1) is 13.8. The van der Waals surface area contributed by atoms with E-state index in [9.17, 15) is 4.79 Å². The number of hydrogen-bond acceptors (Lipinski definition) is 3. The Kier molecular flexibility index (Phi) is 4.28. The smallest absolute Gasteiger partial charge is 0.241 e. The van der Waals surface area contributed by atoms with Gasteiger partial charge in [-0.25, -0.2) is 0 Å². The van der Waals surface area contributed by atoms with Crippen molar-refractivity contribution < 1.29 is 9.53 Å². The average molecular weight is 254 g/mol. The molecule has 18 heavy (non-hydrogen) atoms. The molecule has 0 bridgehead atoms. The number of nitrogens with one attached hydrogen (secondary N) is 1. The molecule has 2 rings (SSSR count). The molecule has 4 nitrogen and oxygen atoms in total. The quantitative estimate of drug-likeness (QED) is 0.831. The SMILES string of the molecule is CCC1NC(CC(C)C)N(C2CCOC2C)C1=O. The second-order valence-corrected chi connectivity index (χ2v) is 5.95. The van der Waals surface area contributed by atoms with E-state index in [4.69, 9.17) is 4.74 Å². The maximum absolute atomic E-state index is 12.5. The van der Waals surface area contributed by atoms with Gasteiger partial charge in [-0.15, -0.1) is 0 Å². The van der Waals surface area contributed by atoms with E-state index in [1.807, 2.05) is 0 Å². The Morgan fingerprint density at radius 3 is 2.72 bits per heavy atom. The zero-order chi connectivity index (χ0) is 13.3. The van der Waals surface area contributed by atoms with Gasteiger partial charge < -0.3 is 9.64 Å². The third-order valence-electron chi connectivity index (χ3n) is 4.08. The molecule has 4 atom stereocenters. The van der Waals surface area contributed by atoms with Crippen LogP contribution in [-0.4, -0.2) is 41.8 Å². The number of ether oxygens (including phenoxy) is 1. The van der Waals surface area contributed by atoms with Crippen LogP contribution in [0.5, 0.6) is 0 Å². The van der Waals surface area contributed by atoms with Gasteiger partial charge in [0.15, 0.2) is 0 Å². The van der Waals surface area contributed by atoms with Gasteiger partial charge in [-0.1, -0.05) is 20.8 Å². The standard InChI is InChI=1S/C14H26N2O2/c1-5-11-14(17)16(12-6-7-18-10(12)4)13(15-11)8-9(2)3/h9-13,15H,5-8H2,1-4H3. The third-order valence-corrected chi connectivity index (χ3v) is 4.08. The number of hydrogen-bond donors (Lipinski definition) is 1. The van der Waals surface area contributed by atoms with E-state index < -0.39 is 0 Å². The van der Waals surface area contributed by atoms with Crippen molar-refractivity contribution in [2.24, 2.45) is 5.92 Å². The van der Waals surface area contributed by atoms with Crippen molar-refractivity contribution in [1.82, 2.24) is 10.2 Å². The lowest BCUT2D eigenvalue weighted by atomic mass is 10.0. The van der Waals surface area contributed by atoms with E-state index >= 15 is 0 Å². The van der Waals surface area contributed by atoms with Crippen molar-refractivity contribution in [3.05, 3.63) is 0 Å². The summed E-state index contributed by atoms with van der Waals surface area (Å²) in [5.41, 5.74) is 0. The highest BCUT2D eigenvalue weighted by Gasteiger charge is 2.44. The lowest BCUT2D eigenvalue weighted by Crippen LogP contribution is -2.48. The molecule has 0 aromatic rings. The van der Waals surface area contributed by atoms with Gasteiger partial charge in [-0.2, -0.15) is 0 Å². The molecule has 2 aliphatic heterocycles. The normalized spacial score (nSPS) is 36.9. The summed E-state index contributed by atoms with van der Waals surface area (Å²) in [6, 6.07) is 0.256. The van der Waals surface area contributed by atoms with Gasteiger partial charge >= 0.3 is 0 Å². The topological polar surface area (TPSA) is 41.6 Å². The van der Waals surface area contributed by atoms with Crippen molar-refractivity contribution in [2.45, 2.75) is 71.3 Å². The van der Waals surface area contributed by atoms with Crippen molar-refractivity contribution in [1.29, 1.82) is 0 Å². The fourth-order valence-corrected chi connectivity index (χ4v) is 3.12. The van der Waals surface area contributed by atoms with E-state index in [1.165, 1.54) is 0 Å². The molecule has 0 radical (unpaired) electrons. The summed E-state index contributed by atoms with van der Waals surface area (Å²) in [6.07, 6.45) is 3.22. The monoisotopic (exact) mass is 254 g/mol. The van der Waals surface area contributed by atoms with Crippen LogP contribution in [-0.2, 0) is 9.53 Å². The fraction of sp³-hybridized carbons (Fsp3) is 0.929. The molecule has 104 valence electrons. The lowest BCUT2D eigenvalue weighted by molar-refractivity contribution is -0.133. The Morgan fingerprint density at radius 1 is 1.50 bits per heavy atom. The molecule has 4 unspecified atom stereocenters. The predicted octanol–water partition coefficient (Wildman–Crippen LogP) is 1.75. The summed E-state index contributed by atoms with van der Waals surface area (Å²) in [6.45, 7) is 9.34. The largest absolute Gasteiger partial charge is 0.376 e. The molecule has 2 heterocycles. The minimum Gasteiger partial charge on any atom is -0.376 e. The van der Waals surface area contributed by atoms with Crippen molar-refractivity contribution in [3.8, 4) is 0 Å². The molecule has 0 saturated carbocycles. The molecule has 1 N–H and O–H groups in total. The number of rotatable bonds is 4. The first-order chi connectivity index (χ1) is 8.54. The average Bonchev–Trinajstić information content (AvgIpc) is 2.82. The first-order valence-electron chi connectivity index (χ1n) is 7.24. The second-order valence-electron chi connectivity index (χ2n) is 5.95. The van der Waals surface area contributed by atoms with Crippen LogP contribution in [0.2, 0.25) is 0 Å². The van der Waals surface area contributed by atoms with Crippen LogP contribution < -0.4 is 5.32 Å². The third kappa shape index (κ3) is 2.54. The van der Waals surface area contributed by atoms with Gasteiger partial charge in [-0.05, 0) is 32.1 Å². The highest BCUT2D eigenvalue weighted by molar-refractivity contribution is 5.84. The maximum atomic E-state index is 12.5. The van der Waals surface area contributed by atoms with Crippen LogP contribution in [0.25, 0.3) is 0 Å². The Hall–Kier alpha value is -0.610. The first-order valence-corrected chi connectivity index (χ1v) is 7.24. The summed E-state index contributed by atoms with van der Waals surface area (Å²) in [5.74, 6) is 0.858. The van der Waals surface area contributed by atoms with Gasteiger partial charge in [0.25, 0.3) is 0 Å². The van der Waals surface area contributed by atoms with E-state index in [2.05, 4.69) is 37.9 Å². The summed E-state index contributed by atoms with van der Waals surface area (Å²) in [7, 11) is 0. The minimum absolute atomic E-state index is 0.00144. The van der Waals surface area contributed by atoms with Crippen LogP contribution in [0.1, 0.15) is 47.0 Å². The Balaban J connectivity index is 2.14. The lowest BCUT2D eigenvalue weighted by Gasteiger charge is -2.32.